The third kappa shape index (κ3) is 5.18. The minimum Gasteiger partial charge on any atom is -0.350 e. The number of para-hydroxylation sites is 1. The Kier molecular flexibility index (Phi) is 6.86. The van der Waals surface area contributed by atoms with E-state index in [0.717, 1.165) is 41.1 Å². The van der Waals surface area contributed by atoms with Crippen LogP contribution in [0, 0.1) is 0 Å². The Morgan fingerprint density at radius 2 is 1.86 bits per heavy atom. The summed E-state index contributed by atoms with van der Waals surface area (Å²) in [6.45, 7) is 0.642. The molecule has 0 spiro atoms. The van der Waals surface area contributed by atoms with Crippen LogP contribution in [-0.4, -0.2) is 63.1 Å². The summed E-state index contributed by atoms with van der Waals surface area (Å²) in [5, 5.41) is 6.44. The van der Waals surface area contributed by atoms with Gasteiger partial charge in [0, 0.05) is 42.9 Å². The van der Waals surface area contributed by atoms with Gasteiger partial charge in [-0.2, -0.15) is 0 Å². The van der Waals surface area contributed by atoms with Crippen molar-refractivity contribution >= 4 is 44.1 Å². The SMILES string of the molecule is CN(C)C(CNC(=O)C(=O)Nc1ccc2c(c1)N(S(C)(=O)=O)CCC2)c1cn(C)c2ccccc12. The molecule has 1 aliphatic heterocycles. The van der Waals surface area contributed by atoms with Gasteiger partial charge in [-0.1, -0.05) is 24.3 Å². The highest BCUT2D eigenvalue weighted by Crippen LogP contribution is 2.32. The van der Waals surface area contributed by atoms with Gasteiger partial charge in [-0.15, -0.1) is 0 Å². The van der Waals surface area contributed by atoms with E-state index in [-0.39, 0.29) is 12.6 Å². The van der Waals surface area contributed by atoms with Crippen LogP contribution in [-0.2, 0) is 33.1 Å². The second kappa shape index (κ2) is 9.71. The molecule has 3 aromatic rings. The average molecular weight is 498 g/mol. The standard InChI is InChI=1S/C25H31N5O4S/c1-28(2)23(20-16-29(3)21-10-6-5-9-19(20)21)15-26-24(31)25(32)27-18-12-11-17-8-7-13-30(22(17)14-18)35(4,33)34/h5-6,9-12,14,16,23H,7-8,13,15H2,1-4H3,(H,26,31)(H,27,32). The molecule has 0 fully saturated rings. The molecule has 0 saturated carbocycles. The van der Waals surface area contributed by atoms with Gasteiger partial charge >= 0.3 is 11.8 Å². The van der Waals surface area contributed by atoms with Crippen LogP contribution in [0.5, 0.6) is 0 Å². The molecule has 0 saturated heterocycles. The molecule has 2 amide bonds. The van der Waals surface area contributed by atoms with E-state index in [2.05, 4.69) is 10.6 Å². The highest BCUT2D eigenvalue weighted by molar-refractivity contribution is 7.92. The molecule has 2 heterocycles. The molecule has 10 heteroatoms. The highest BCUT2D eigenvalue weighted by Gasteiger charge is 2.25. The second-order valence-electron chi connectivity index (χ2n) is 9.14. The zero-order valence-electron chi connectivity index (χ0n) is 20.4. The molecular formula is C25H31N5O4S. The van der Waals surface area contributed by atoms with Crippen molar-refractivity contribution in [3.05, 3.63) is 59.8 Å². The fraction of sp³-hybridized carbons (Fsp3) is 0.360. The summed E-state index contributed by atoms with van der Waals surface area (Å²) in [5.74, 6) is -1.56. The van der Waals surface area contributed by atoms with Crippen LogP contribution in [0.4, 0.5) is 11.4 Å². The number of fused-ring (bicyclic) bond motifs is 2. The molecule has 0 aliphatic carbocycles. The maximum atomic E-state index is 12.6. The average Bonchev–Trinajstić information content (AvgIpc) is 3.14. The number of anilines is 2. The maximum Gasteiger partial charge on any atom is 0.313 e. The van der Waals surface area contributed by atoms with E-state index in [1.807, 2.05) is 61.1 Å². The molecule has 4 rings (SSSR count). The summed E-state index contributed by atoms with van der Waals surface area (Å²) in [6, 6.07) is 13.0. The molecule has 2 aromatic carbocycles. The van der Waals surface area contributed by atoms with Gasteiger partial charge in [0.25, 0.3) is 0 Å². The summed E-state index contributed by atoms with van der Waals surface area (Å²) >= 11 is 0. The third-order valence-electron chi connectivity index (χ3n) is 6.39. The van der Waals surface area contributed by atoms with Crippen molar-refractivity contribution in [1.82, 2.24) is 14.8 Å². The maximum absolute atomic E-state index is 12.6. The molecule has 0 bridgehead atoms. The number of benzene rings is 2. The molecule has 1 atom stereocenters. The topological polar surface area (TPSA) is 104 Å². The van der Waals surface area contributed by atoms with Gasteiger partial charge < -0.3 is 20.1 Å². The smallest absolute Gasteiger partial charge is 0.313 e. The van der Waals surface area contributed by atoms with Crippen LogP contribution >= 0.6 is 0 Å². The number of nitrogens with zero attached hydrogens (tertiary/aromatic N) is 3. The Morgan fingerprint density at radius 3 is 2.57 bits per heavy atom. The first kappa shape index (κ1) is 24.7. The zero-order chi connectivity index (χ0) is 25.3. The van der Waals surface area contributed by atoms with Crippen LogP contribution < -0.4 is 14.9 Å². The Bertz CT molecular complexity index is 1380. The molecule has 9 nitrogen and oxygen atoms in total. The van der Waals surface area contributed by atoms with Gasteiger partial charge in [0.05, 0.1) is 18.0 Å². The molecule has 2 N–H and O–H groups in total. The van der Waals surface area contributed by atoms with E-state index in [4.69, 9.17) is 0 Å². The minimum absolute atomic E-state index is 0.134. The molecular weight excluding hydrogens is 466 g/mol. The summed E-state index contributed by atoms with van der Waals surface area (Å²) in [7, 11) is 2.41. The number of carbonyl (C=O) groups is 2. The van der Waals surface area contributed by atoms with E-state index in [1.54, 1.807) is 18.2 Å². The van der Waals surface area contributed by atoms with Crippen molar-refractivity contribution in [3.8, 4) is 0 Å². The zero-order valence-corrected chi connectivity index (χ0v) is 21.2. The normalized spacial score (nSPS) is 14.6. The van der Waals surface area contributed by atoms with Crippen LogP contribution in [0.3, 0.4) is 0 Å². The number of hydrogen-bond donors (Lipinski definition) is 2. The van der Waals surface area contributed by atoms with E-state index in [9.17, 15) is 18.0 Å². The van der Waals surface area contributed by atoms with Crippen molar-refractivity contribution in [2.45, 2.75) is 18.9 Å². The number of likely N-dealkylation sites (N-methyl/N-ethyl adjacent to an activating group) is 1. The summed E-state index contributed by atoms with van der Waals surface area (Å²) in [4.78, 5) is 27.3. The van der Waals surface area contributed by atoms with Crippen molar-refractivity contribution in [1.29, 1.82) is 0 Å². The Hall–Kier alpha value is -3.37. The number of hydrogen-bond acceptors (Lipinski definition) is 5. The predicted octanol–water partition coefficient (Wildman–Crippen LogP) is 2.25. The van der Waals surface area contributed by atoms with Gasteiger partial charge in [-0.25, -0.2) is 8.42 Å². The Balaban J connectivity index is 1.46. The number of amides is 2. The summed E-state index contributed by atoms with van der Waals surface area (Å²) in [5.41, 5.74) is 3.96. The number of rotatable bonds is 6. The molecule has 186 valence electrons. The summed E-state index contributed by atoms with van der Waals surface area (Å²) in [6.07, 6.45) is 4.70. The molecule has 1 aromatic heterocycles. The number of aromatic nitrogens is 1. The quantitative estimate of drug-likeness (QED) is 0.509. The first-order valence-electron chi connectivity index (χ1n) is 11.5. The lowest BCUT2D eigenvalue weighted by Crippen LogP contribution is -2.40. The van der Waals surface area contributed by atoms with E-state index >= 15 is 0 Å². The third-order valence-corrected chi connectivity index (χ3v) is 7.57. The molecule has 1 aliphatic rings. The monoisotopic (exact) mass is 497 g/mol. The lowest BCUT2D eigenvalue weighted by Gasteiger charge is -2.29. The van der Waals surface area contributed by atoms with Crippen molar-refractivity contribution in [2.75, 3.05) is 43.1 Å². The van der Waals surface area contributed by atoms with E-state index in [1.165, 1.54) is 4.31 Å². The van der Waals surface area contributed by atoms with E-state index < -0.39 is 21.8 Å². The predicted molar refractivity (Wildman–Crippen MR) is 138 cm³/mol. The minimum atomic E-state index is -3.43. The molecule has 0 radical (unpaired) electrons. The van der Waals surface area contributed by atoms with Gasteiger partial charge in [0.2, 0.25) is 10.0 Å². The molecule has 1 unspecified atom stereocenters. The Morgan fingerprint density at radius 1 is 1.11 bits per heavy atom. The van der Waals surface area contributed by atoms with Crippen molar-refractivity contribution < 1.29 is 18.0 Å². The van der Waals surface area contributed by atoms with Gasteiger partial charge in [0.15, 0.2) is 0 Å². The Labute approximate surface area is 205 Å². The number of carbonyl (C=O) groups excluding carboxylic acids is 2. The highest BCUT2D eigenvalue weighted by atomic mass is 32.2. The van der Waals surface area contributed by atoms with E-state index in [0.29, 0.717) is 17.9 Å². The number of nitrogens with one attached hydrogen (secondary N) is 2. The largest absolute Gasteiger partial charge is 0.350 e. The summed E-state index contributed by atoms with van der Waals surface area (Å²) < 4.78 is 27.7. The van der Waals surface area contributed by atoms with Crippen LogP contribution in [0.1, 0.15) is 23.6 Å². The number of aryl methyl sites for hydroxylation is 2. The van der Waals surface area contributed by atoms with Gasteiger partial charge in [0.1, 0.15) is 0 Å². The fourth-order valence-corrected chi connectivity index (χ4v) is 5.62. The fourth-order valence-electron chi connectivity index (χ4n) is 4.63. The first-order valence-corrected chi connectivity index (χ1v) is 13.3. The lowest BCUT2D eigenvalue weighted by molar-refractivity contribution is -0.136. The second-order valence-corrected chi connectivity index (χ2v) is 11.0. The van der Waals surface area contributed by atoms with Gasteiger partial charge in [-0.05, 0) is 56.3 Å². The van der Waals surface area contributed by atoms with Crippen LogP contribution in [0.15, 0.2) is 48.7 Å². The first-order chi connectivity index (χ1) is 16.6. The van der Waals surface area contributed by atoms with Gasteiger partial charge in [-0.3, -0.25) is 13.9 Å². The van der Waals surface area contributed by atoms with Crippen molar-refractivity contribution in [2.24, 2.45) is 7.05 Å². The number of sulfonamides is 1. The van der Waals surface area contributed by atoms with Crippen molar-refractivity contribution in [3.63, 3.8) is 0 Å². The van der Waals surface area contributed by atoms with Crippen LogP contribution in [0.25, 0.3) is 10.9 Å². The lowest BCUT2D eigenvalue weighted by atomic mass is 10.0. The molecule has 35 heavy (non-hydrogen) atoms. The van der Waals surface area contributed by atoms with Crippen LogP contribution in [0.2, 0.25) is 0 Å².